The highest BCUT2D eigenvalue weighted by Crippen LogP contribution is 2.17. The third-order valence-corrected chi connectivity index (χ3v) is 5.19. The first-order chi connectivity index (χ1) is 13.7. The second kappa shape index (κ2) is 10.1. The Labute approximate surface area is 168 Å². The Kier molecular flexibility index (Phi) is 7.31. The Hall–Kier alpha value is -2.53. The van der Waals surface area contributed by atoms with Crippen LogP contribution < -0.4 is 15.0 Å². The molecule has 150 valence electrons. The smallest absolute Gasteiger partial charge is 0.251 e. The number of anilines is 1. The molecule has 0 bridgehead atoms. The molecule has 0 aliphatic carbocycles. The first-order valence-electron chi connectivity index (χ1n) is 10.2. The van der Waals surface area contributed by atoms with E-state index in [2.05, 4.69) is 59.3 Å². The fourth-order valence-corrected chi connectivity index (χ4v) is 3.48. The first-order valence-corrected chi connectivity index (χ1v) is 10.2. The van der Waals surface area contributed by atoms with Crippen LogP contribution in [0.1, 0.15) is 30.6 Å². The molecule has 1 aliphatic rings. The third-order valence-electron chi connectivity index (χ3n) is 5.19. The monoisotopic (exact) mass is 381 g/mol. The number of rotatable bonds is 8. The zero-order valence-electron chi connectivity index (χ0n) is 16.9. The summed E-state index contributed by atoms with van der Waals surface area (Å²) in [5.74, 6) is 0.705. The van der Waals surface area contributed by atoms with E-state index >= 15 is 0 Å². The van der Waals surface area contributed by atoms with Gasteiger partial charge in [0.1, 0.15) is 5.75 Å². The summed E-state index contributed by atoms with van der Waals surface area (Å²) in [4.78, 5) is 17.4. The summed E-state index contributed by atoms with van der Waals surface area (Å²) in [6.45, 7) is 9.59. The summed E-state index contributed by atoms with van der Waals surface area (Å²) < 4.78 is 5.62. The fraction of sp³-hybridized carbons (Fsp3) is 0.435. The molecule has 1 amide bonds. The average Bonchev–Trinajstić information content (AvgIpc) is 2.76. The van der Waals surface area contributed by atoms with E-state index in [-0.39, 0.29) is 5.91 Å². The molecular weight excluding hydrogens is 350 g/mol. The zero-order chi connectivity index (χ0) is 19.8. The average molecular weight is 382 g/mol. The van der Waals surface area contributed by atoms with E-state index < -0.39 is 0 Å². The molecular formula is C23H31N3O2. The molecule has 0 aromatic heterocycles. The molecule has 0 unspecified atom stereocenters. The molecule has 2 aromatic rings. The van der Waals surface area contributed by atoms with Crippen LogP contribution in [-0.4, -0.2) is 56.2 Å². The van der Waals surface area contributed by atoms with E-state index in [1.54, 1.807) is 0 Å². The number of ether oxygens (including phenoxy) is 1. The molecule has 5 heteroatoms. The largest absolute Gasteiger partial charge is 0.494 e. The molecule has 3 rings (SSSR count). The molecule has 1 atom stereocenters. The minimum absolute atomic E-state index is 0.0447. The molecule has 0 saturated carbocycles. The zero-order valence-corrected chi connectivity index (χ0v) is 16.9. The number of benzene rings is 2. The summed E-state index contributed by atoms with van der Waals surface area (Å²) in [5, 5.41) is 3.07. The molecule has 1 saturated heterocycles. The maximum Gasteiger partial charge on any atom is 0.251 e. The van der Waals surface area contributed by atoms with Crippen molar-refractivity contribution in [3.05, 3.63) is 60.2 Å². The second-order valence-electron chi connectivity index (χ2n) is 7.29. The predicted molar refractivity (Wildman–Crippen MR) is 114 cm³/mol. The van der Waals surface area contributed by atoms with Gasteiger partial charge in [-0.3, -0.25) is 9.69 Å². The van der Waals surface area contributed by atoms with Crippen molar-refractivity contribution in [1.29, 1.82) is 0 Å². The molecule has 1 heterocycles. The van der Waals surface area contributed by atoms with Gasteiger partial charge in [0.15, 0.2) is 0 Å². The van der Waals surface area contributed by atoms with Crippen molar-refractivity contribution in [3.63, 3.8) is 0 Å². The number of para-hydroxylation sites is 1. The number of carbonyl (C=O) groups is 1. The van der Waals surface area contributed by atoms with E-state index in [9.17, 15) is 4.79 Å². The van der Waals surface area contributed by atoms with Crippen molar-refractivity contribution < 1.29 is 9.53 Å². The van der Waals surface area contributed by atoms with Crippen LogP contribution in [0.5, 0.6) is 5.75 Å². The summed E-state index contributed by atoms with van der Waals surface area (Å²) in [7, 11) is 0. The predicted octanol–water partition coefficient (Wildman–Crippen LogP) is 3.42. The SMILES string of the molecule is CCCOc1cccc(C(=O)NC[C@@H](C)N2CCN(c3ccccc3)CC2)c1. The van der Waals surface area contributed by atoms with Gasteiger partial charge in [0.2, 0.25) is 0 Å². The molecule has 1 aliphatic heterocycles. The molecule has 1 fully saturated rings. The van der Waals surface area contributed by atoms with Crippen molar-refractivity contribution in [2.45, 2.75) is 26.3 Å². The van der Waals surface area contributed by atoms with Crippen molar-refractivity contribution in [2.75, 3.05) is 44.2 Å². The van der Waals surface area contributed by atoms with Gasteiger partial charge in [-0.05, 0) is 43.7 Å². The van der Waals surface area contributed by atoms with Crippen LogP contribution >= 0.6 is 0 Å². The fourth-order valence-electron chi connectivity index (χ4n) is 3.48. The Bertz CT molecular complexity index is 743. The minimum Gasteiger partial charge on any atom is -0.494 e. The third kappa shape index (κ3) is 5.49. The number of hydrogen-bond donors (Lipinski definition) is 1. The van der Waals surface area contributed by atoms with Gasteiger partial charge < -0.3 is 15.0 Å². The van der Waals surface area contributed by atoms with Gasteiger partial charge in [-0.1, -0.05) is 31.2 Å². The summed E-state index contributed by atoms with van der Waals surface area (Å²) >= 11 is 0. The Morgan fingerprint density at radius 1 is 1.07 bits per heavy atom. The Morgan fingerprint density at radius 2 is 1.82 bits per heavy atom. The minimum atomic E-state index is -0.0447. The molecule has 2 aromatic carbocycles. The van der Waals surface area contributed by atoms with Crippen LogP contribution in [0.2, 0.25) is 0 Å². The van der Waals surface area contributed by atoms with Crippen LogP contribution in [0.25, 0.3) is 0 Å². The van der Waals surface area contributed by atoms with Gasteiger partial charge in [0.25, 0.3) is 5.91 Å². The van der Waals surface area contributed by atoms with Gasteiger partial charge in [-0.2, -0.15) is 0 Å². The molecule has 0 spiro atoms. The quantitative estimate of drug-likeness (QED) is 0.761. The standard InChI is InChI=1S/C23H31N3O2/c1-3-16-28-22-11-7-8-20(17-22)23(27)24-18-19(2)25-12-14-26(15-13-25)21-9-5-4-6-10-21/h4-11,17,19H,3,12-16,18H2,1-2H3,(H,24,27)/t19-/m1/s1. The van der Waals surface area contributed by atoms with Crippen molar-refractivity contribution in [1.82, 2.24) is 10.2 Å². The highest BCUT2D eigenvalue weighted by molar-refractivity contribution is 5.94. The number of piperazine rings is 1. The number of nitrogens with zero attached hydrogens (tertiary/aromatic N) is 2. The van der Waals surface area contributed by atoms with E-state index in [0.717, 1.165) is 38.3 Å². The van der Waals surface area contributed by atoms with E-state index in [0.29, 0.717) is 24.8 Å². The van der Waals surface area contributed by atoms with Crippen LogP contribution in [0, 0.1) is 0 Å². The van der Waals surface area contributed by atoms with E-state index in [4.69, 9.17) is 4.74 Å². The second-order valence-corrected chi connectivity index (χ2v) is 7.29. The number of carbonyl (C=O) groups excluding carboxylic acids is 1. The lowest BCUT2D eigenvalue weighted by Crippen LogP contribution is -2.52. The molecule has 5 nitrogen and oxygen atoms in total. The van der Waals surface area contributed by atoms with Crippen molar-refractivity contribution in [3.8, 4) is 5.75 Å². The maximum absolute atomic E-state index is 12.5. The highest BCUT2D eigenvalue weighted by Gasteiger charge is 2.21. The van der Waals surface area contributed by atoms with Gasteiger partial charge >= 0.3 is 0 Å². The van der Waals surface area contributed by atoms with Gasteiger partial charge in [-0.15, -0.1) is 0 Å². The van der Waals surface area contributed by atoms with Crippen LogP contribution in [0.3, 0.4) is 0 Å². The van der Waals surface area contributed by atoms with E-state index in [1.807, 2.05) is 24.3 Å². The number of hydrogen-bond acceptors (Lipinski definition) is 4. The van der Waals surface area contributed by atoms with Gasteiger partial charge in [0.05, 0.1) is 6.61 Å². The topological polar surface area (TPSA) is 44.8 Å². The van der Waals surface area contributed by atoms with Crippen molar-refractivity contribution in [2.24, 2.45) is 0 Å². The van der Waals surface area contributed by atoms with Crippen LogP contribution in [0.15, 0.2) is 54.6 Å². The Balaban J connectivity index is 1.45. The molecule has 0 radical (unpaired) electrons. The molecule has 1 N–H and O–H groups in total. The lowest BCUT2D eigenvalue weighted by Gasteiger charge is -2.39. The number of amides is 1. The lowest BCUT2D eigenvalue weighted by atomic mass is 10.1. The maximum atomic E-state index is 12.5. The summed E-state index contributed by atoms with van der Waals surface area (Å²) in [6, 6.07) is 18.3. The highest BCUT2D eigenvalue weighted by atomic mass is 16.5. The normalized spacial score (nSPS) is 15.9. The number of nitrogens with one attached hydrogen (secondary N) is 1. The van der Waals surface area contributed by atoms with Gasteiger partial charge in [0, 0.05) is 50.0 Å². The Morgan fingerprint density at radius 3 is 2.54 bits per heavy atom. The summed E-state index contributed by atoms with van der Waals surface area (Å²) in [6.07, 6.45) is 0.950. The van der Waals surface area contributed by atoms with E-state index in [1.165, 1.54) is 5.69 Å². The van der Waals surface area contributed by atoms with Crippen LogP contribution in [-0.2, 0) is 0 Å². The molecule has 28 heavy (non-hydrogen) atoms. The first kappa shape index (κ1) is 20.2. The lowest BCUT2D eigenvalue weighted by molar-refractivity contribution is 0.0934. The van der Waals surface area contributed by atoms with Gasteiger partial charge in [-0.25, -0.2) is 0 Å². The summed E-state index contributed by atoms with van der Waals surface area (Å²) in [5.41, 5.74) is 1.93. The van der Waals surface area contributed by atoms with Crippen LogP contribution in [0.4, 0.5) is 5.69 Å². The van der Waals surface area contributed by atoms with Crippen molar-refractivity contribution >= 4 is 11.6 Å².